The molecule has 0 unspecified atom stereocenters. The van der Waals surface area contributed by atoms with E-state index in [1.807, 2.05) is 34.1 Å². The molecule has 2 fully saturated rings. The van der Waals surface area contributed by atoms with Crippen LogP contribution in [0, 0.1) is 5.41 Å². The Morgan fingerprint density at radius 3 is 2.47 bits per heavy atom. The maximum Gasteiger partial charge on any atom is 0.250 e. The van der Waals surface area contributed by atoms with Crippen molar-refractivity contribution < 1.29 is 14.3 Å². The molecule has 0 radical (unpaired) electrons. The zero-order valence-electron chi connectivity index (χ0n) is 17.3. The number of ether oxygens (including phenoxy) is 1. The van der Waals surface area contributed by atoms with Gasteiger partial charge in [0.1, 0.15) is 12.3 Å². The highest BCUT2D eigenvalue weighted by atomic mass is 16.5. The first-order valence-electron chi connectivity index (χ1n) is 10.3. The molecule has 0 bridgehead atoms. The monoisotopic (exact) mass is 409 g/mol. The minimum Gasteiger partial charge on any atom is -0.497 e. The van der Waals surface area contributed by atoms with Gasteiger partial charge in [0.25, 0.3) is 5.56 Å². The van der Waals surface area contributed by atoms with E-state index in [1.165, 1.54) is 10.6 Å². The highest BCUT2D eigenvalue weighted by molar-refractivity contribution is 5.80. The molecule has 2 saturated heterocycles. The lowest BCUT2D eigenvalue weighted by Gasteiger charge is -2.39. The maximum absolute atomic E-state index is 12.7. The molecule has 3 heterocycles. The molecule has 7 nitrogen and oxygen atoms in total. The van der Waals surface area contributed by atoms with E-state index >= 15 is 0 Å². The number of methoxy groups -OCH3 is 1. The standard InChI is InChI=1S/C23H27N3O4/c1-30-19-7-5-18(6-8-19)15-26-17-23(14-21(26)28)9-12-24(13-10-23)22(29)16-25-11-3-2-4-20(25)27/h2-8,11H,9-10,12-17H2,1H3. The van der Waals surface area contributed by atoms with E-state index in [-0.39, 0.29) is 29.3 Å². The third-order valence-electron chi connectivity index (χ3n) is 6.32. The summed E-state index contributed by atoms with van der Waals surface area (Å²) in [5.74, 6) is 0.941. The average molecular weight is 409 g/mol. The summed E-state index contributed by atoms with van der Waals surface area (Å²) in [7, 11) is 1.64. The molecule has 2 aliphatic heterocycles. The highest BCUT2D eigenvalue weighted by Crippen LogP contribution is 2.41. The quantitative estimate of drug-likeness (QED) is 0.756. The predicted molar refractivity (Wildman–Crippen MR) is 112 cm³/mol. The molecule has 1 spiro atoms. The lowest BCUT2D eigenvalue weighted by Crippen LogP contribution is -2.45. The van der Waals surface area contributed by atoms with Gasteiger partial charge in [0.05, 0.1) is 7.11 Å². The number of hydrogen-bond acceptors (Lipinski definition) is 4. The van der Waals surface area contributed by atoms with Crippen molar-refractivity contribution in [1.29, 1.82) is 0 Å². The van der Waals surface area contributed by atoms with Gasteiger partial charge >= 0.3 is 0 Å². The van der Waals surface area contributed by atoms with Crippen LogP contribution < -0.4 is 10.3 Å². The van der Waals surface area contributed by atoms with Crippen molar-refractivity contribution in [3.8, 4) is 5.75 Å². The van der Waals surface area contributed by atoms with Crippen molar-refractivity contribution in [3.63, 3.8) is 0 Å². The number of aromatic nitrogens is 1. The fourth-order valence-corrected chi connectivity index (χ4v) is 4.48. The molecule has 7 heteroatoms. The Kier molecular flexibility index (Phi) is 5.61. The largest absolute Gasteiger partial charge is 0.497 e. The van der Waals surface area contributed by atoms with Crippen LogP contribution in [-0.4, -0.2) is 52.9 Å². The number of rotatable bonds is 5. The molecule has 1 aromatic heterocycles. The summed E-state index contributed by atoms with van der Waals surface area (Å²) in [4.78, 5) is 40.9. The van der Waals surface area contributed by atoms with Crippen LogP contribution in [0.25, 0.3) is 0 Å². The van der Waals surface area contributed by atoms with E-state index in [4.69, 9.17) is 4.74 Å². The SMILES string of the molecule is COc1ccc(CN2CC3(CCN(C(=O)Cn4ccccc4=O)CC3)CC2=O)cc1. The van der Waals surface area contributed by atoms with Crippen LogP contribution in [0.3, 0.4) is 0 Å². The summed E-state index contributed by atoms with van der Waals surface area (Å²) in [6.07, 6.45) is 3.81. The Morgan fingerprint density at radius 1 is 1.07 bits per heavy atom. The van der Waals surface area contributed by atoms with Crippen LogP contribution in [-0.2, 0) is 22.7 Å². The van der Waals surface area contributed by atoms with Crippen LogP contribution >= 0.6 is 0 Å². The van der Waals surface area contributed by atoms with Crippen molar-refractivity contribution in [1.82, 2.24) is 14.4 Å². The van der Waals surface area contributed by atoms with Crippen molar-refractivity contribution in [2.45, 2.75) is 32.4 Å². The zero-order valence-corrected chi connectivity index (χ0v) is 17.3. The van der Waals surface area contributed by atoms with Gasteiger partial charge in [-0.2, -0.15) is 0 Å². The Bertz CT molecular complexity index is 974. The number of nitrogens with zero attached hydrogens (tertiary/aromatic N) is 3. The van der Waals surface area contributed by atoms with Crippen molar-refractivity contribution in [2.75, 3.05) is 26.7 Å². The third-order valence-corrected chi connectivity index (χ3v) is 6.32. The van der Waals surface area contributed by atoms with Gasteiger partial charge in [-0.1, -0.05) is 18.2 Å². The maximum atomic E-state index is 12.7. The summed E-state index contributed by atoms with van der Waals surface area (Å²) >= 11 is 0. The Balaban J connectivity index is 1.33. The van der Waals surface area contributed by atoms with Gasteiger partial charge in [-0.15, -0.1) is 0 Å². The van der Waals surface area contributed by atoms with E-state index in [9.17, 15) is 14.4 Å². The smallest absolute Gasteiger partial charge is 0.250 e. The van der Waals surface area contributed by atoms with Crippen molar-refractivity contribution in [2.24, 2.45) is 5.41 Å². The number of amides is 2. The summed E-state index contributed by atoms with van der Waals surface area (Å²) in [6.45, 7) is 2.66. The first-order chi connectivity index (χ1) is 14.5. The Morgan fingerprint density at radius 2 is 1.80 bits per heavy atom. The number of likely N-dealkylation sites (tertiary alicyclic amines) is 2. The fraction of sp³-hybridized carbons (Fsp3) is 0.435. The van der Waals surface area contributed by atoms with Gasteiger partial charge in [0.2, 0.25) is 11.8 Å². The minimum atomic E-state index is -0.171. The first kappa shape index (κ1) is 20.2. The van der Waals surface area contributed by atoms with Gasteiger partial charge in [-0.3, -0.25) is 14.4 Å². The second-order valence-electron chi connectivity index (χ2n) is 8.32. The topological polar surface area (TPSA) is 71.8 Å². The van der Waals surface area contributed by atoms with Crippen LogP contribution in [0.1, 0.15) is 24.8 Å². The zero-order chi connectivity index (χ0) is 21.1. The van der Waals surface area contributed by atoms with Crippen LogP contribution in [0.15, 0.2) is 53.5 Å². The third kappa shape index (κ3) is 4.25. The average Bonchev–Trinajstić information content (AvgIpc) is 3.05. The first-order valence-corrected chi connectivity index (χ1v) is 10.3. The molecule has 2 aromatic rings. The van der Waals surface area contributed by atoms with Gasteiger partial charge in [0.15, 0.2) is 0 Å². The molecule has 0 saturated carbocycles. The van der Waals surface area contributed by atoms with E-state index in [0.29, 0.717) is 26.1 Å². The second-order valence-corrected chi connectivity index (χ2v) is 8.32. The Labute approximate surface area is 175 Å². The second kappa shape index (κ2) is 8.34. The number of piperidine rings is 1. The Hall–Kier alpha value is -3.09. The lowest BCUT2D eigenvalue weighted by atomic mass is 9.77. The van der Waals surface area contributed by atoms with Crippen LogP contribution in [0.5, 0.6) is 5.75 Å². The molecule has 1 aromatic carbocycles. The highest BCUT2D eigenvalue weighted by Gasteiger charge is 2.45. The molecule has 0 atom stereocenters. The summed E-state index contributed by atoms with van der Waals surface area (Å²) < 4.78 is 6.63. The number of benzene rings is 1. The fourth-order valence-electron chi connectivity index (χ4n) is 4.48. The lowest BCUT2D eigenvalue weighted by molar-refractivity contribution is -0.134. The van der Waals surface area contributed by atoms with E-state index in [0.717, 1.165) is 30.7 Å². The normalized spacial score (nSPS) is 18.1. The molecule has 30 heavy (non-hydrogen) atoms. The molecular weight excluding hydrogens is 382 g/mol. The molecule has 158 valence electrons. The summed E-state index contributed by atoms with van der Waals surface area (Å²) in [5, 5.41) is 0. The number of carbonyl (C=O) groups excluding carboxylic acids is 2. The predicted octanol–water partition coefficient (Wildman–Crippen LogP) is 1.90. The van der Waals surface area contributed by atoms with Gasteiger partial charge < -0.3 is 19.1 Å². The number of carbonyl (C=O) groups is 2. The van der Waals surface area contributed by atoms with Crippen molar-refractivity contribution >= 4 is 11.8 Å². The number of pyridine rings is 1. The molecular formula is C23H27N3O4. The number of hydrogen-bond donors (Lipinski definition) is 0. The molecule has 0 aliphatic carbocycles. The van der Waals surface area contributed by atoms with Gasteiger partial charge in [-0.25, -0.2) is 0 Å². The van der Waals surface area contributed by atoms with E-state index in [2.05, 4.69) is 0 Å². The minimum absolute atomic E-state index is 0.0439. The molecule has 0 N–H and O–H groups in total. The molecule has 4 rings (SSSR count). The van der Waals surface area contributed by atoms with Gasteiger partial charge in [-0.05, 0) is 36.6 Å². The van der Waals surface area contributed by atoms with Crippen LogP contribution in [0.2, 0.25) is 0 Å². The molecule has 2 amide bonds. The molecule has 2 aliphatic rings. The summed E-state index contributed by atoms with van der Waals surface area (Å²) in [6, 6.07) is 12.7. The van der Waals surface area contributed by atoms with E-state index in [1.54, 1.807) is 25.4 Å². The van der Waals surface area contributed by atoms with Crippen LogP contribution in [0.4, 0.5) is 0 Å². The van der Waals surface area contributed by atoms with Gasteiger partial charge in [0, 0.05) is 50.3 Å². The van der Waals surface area contributed by atoms with E-state index < -0.39 is 0 Å². The van der Waals surface area contributed by atoms with Crippen molar-refractivity contribution in [3.05, 3.63) is 64.6 Å². The summed E-state index contributed by atoms with van der Waals surface area (Å²) in [5.41, 5.74) is 0.862.